The van der Waals surface area contributed by atoms with Crippen molar-refractivity contribution in [1.82, 2.24) is 20.1 Å². The molecule has 0 bridgehead atoms. The molecular weight excluding hydrogens is 342 g/mol. The van der Waals surface area contributed by atoms with E-state index in [1.165, 1.54) is 6.42 Å². The molecule has 0 unspecified atom stereocenters. The molecule has 2 aromatic heterocycles. The van der Waals surface area contributed by atoms with Gasteiger partial charge in [0.1, 0.15) is 17.3 Å². The van der Waals surface area contributed by atoms with Gasteiger partial charge >= 0.3 is 0 Å². The lowest BCUT2D eigenvalue weighted by molar-refractivity contribution is 0.0720. The summed E-state index contributed by atoms with van der Waals surface area (Å²) in [5, 5.41) is 12.0. The van der Waals surface area contributed by atoms with E-state index in [1.807, 2.05) is 42.2 Å². The Labute approximate surface area is 157 Å². The van der Waals surface area contributed by atoms with Crippen LogP contribution in [0.25, 0.3) is 10.8 Å². The van der Waals surface area contributed by atoms with Crippen molar-refractivity contribution in [2.24, 2.45) is 0 Å². The van der Waals surface area contributed by atoms with Gasteiger partial charge in [0.2, 0.25) is 0 Å². The fraction of sp³-hybridized carbons (Fsp3) is 0.350. The molecule has 1 fully saturated rings. The number of pyridine rings is 1. The van der Waals surface area contributed by atoms with E-state index in [4.69, 9.17) is 4.74 Å². The first-order chi connectivity index (χ1) is 13.1. The number of amides is 1. The van der Waals surface area contributed by atoms with Gasteiger partial charge in [-0.3, -0.25) is 9.89 Å². The van der Waals surface area contributed by atoms with Crippen LogP contribution in [0.15, 0.2) is 30.3 Å². The number of nitrogens with one attached hydrogen (secondary N) is 2. The highest BCUT2D eigenvalue weighted by molar-refractivity contribution is 6.06. The molecule has 2 N–H and O–H groups in total. The number of methoxy groups -OCH3 is 1. The van der Waals surface area contributed by atoms with Crippen molar-refractivity contribution in [1.29, 1.82) is 0 Å². The van der Waals surface area contributed by atoms with Crippen LogP contribution in [-0.4, -0.2) is 46.2 Å². The number of ether oxygens (including phenoxy) is 1. The number of piperidine rings is 1. The Bertz CT molecular complexity index is 976. The molecule has 0 aliphatic carbocycles. The number of rotatable bonds is 4. The van der Waals surface area contributed by atoms with Crippen molar-refractivity contribution in [2.45, 2.75) is 26.2 Å². The number of hydrogen-bond donors (Lipinski definition) is 2. The molecule has 140 valence electrons. The Morgan fingerprint density at radius 2 is 1.96 bits per heavy atom. The van der Waals surface area contributed by atoms with Crippen molar-refractivity contribution in [3.05, 3.63) is 41.7 Å². The van der Waals surface area contributed by atoms with E-state index in [0.29, 0.717) is 17.3 Å². The second-order valence-corrected chi connectivity index (χ2v) is 6.86. The summed E-state index contributed by atoms with van der Waals surface area (Å²) in [5.74, 6) is 1.97. The van der Waals surface area contributed by atoms with E-state index in [1.54, 1.807) is 7.11 Å². The molecule has 3 aromatic rings. The van der Waals surface area contributed by atoms with Crippen LogP contribution >= 0.6 is 0 Å². The minimum atomic E-state index is -0.0216. The van der Waals surface area contributed by atoms with Crippen LogP contribution in [0.4, 0.5) is 11.6 Å². The van der Waals surface area contributed by atoms with Gasteiger partial charge in [-0.25, -0.2) is 4.98 Å². The second-order valence-electron chi connectivity index (χ2n) is 6.86. The highest BCUT2D eigenvalue weighted by Gasteiger charge is 2.22. The molecule has 1 saturated heterocycles. The molecular formula is C20H23N5O2. The largest absolute Gasteiger partial charge is 0.497 e. The Balaban J connectivity index is 1.77. The quantitative estimate of drug-likeness (QED) is 0.737. The molecule has 0 saturated carbocycles. The fourth-order valence-corrected chi connectivity index (χ4v) is 3.45. The van der Waals surface area contributed by atoms with Gasteiger partial charge in [-0.1, -0.05) is 0 Å². The van der Waals surface area contributed by atoms with Crippen LogP contribution in [0.5, 0.6) is 5.75 Å². The van der Waals surface area contributed by atoms with Crippen LogP contribution in [0, 0.1) is 6.92 Å². The molecule has 27 heavy (non-hydrogen) atoms. The van der Waals surface area contributed by atoms with Gasteiger partial charge in [-0.05, 0) is 55.8 Å². The van der Waals surface area contributed by atoms with E-state index in [2.05, 4.69) is 20.5 Å². The highest BCUT2D eigenvalue weighted by atomic mass is 16.5. The Morgan fingerprint density at radius 1 is 1.15 bits per heavy atom. The standard InChI is InChI=1S/C20H23N5O2/c1-13-10-18(24-23-13)21-17-12-14-11-15(27-2)6-7-16(14)19(22-17)20(26)25-8-4-3-5-9-25/h6-7,10-12H,3-5,8-9H2,1-2H3,(H2,21,22,23,24). The first-order valence-corrected chi connectivity index (χ1v) is 9.21. The SMILES string of the molecule is COc1ccc2c(C(=O)N3CCCCC3)nc(Nc3cc(C)[nH]n3)cc2c1. The minimum absolute atomic E-state index is 0.0216. The fourth-order valence-electron chi connectivity index (χ4n) is 3.45. The summed E-state index contributed by atoms with van der Waals surface area (Å²) in [6.07, 6.45) is 3.26. The number of carbonyl (C=O) groups excluding carboxylic acids is 1. The molecule has 0 spiro atoms. The van der Waals surface area contributed by atoms with Crippen molar-refractivity contribution in [2.75, 3.05) is 25.5 Å². The van der Waals surface area contributed by atoms with Gasteiger partial charge in [0.25, 0.3) is 5.91 Å². The van der Waals surface area contributed by atoms with E-state index < -0.39 is 0 Å². The molecule has 0 radical (unpaired) electrons. The zero-order chi connectivity index (χ0) is 18.8. The predicted octanol–water partition coefficient (Wildman–Crippen LogP) is 3.64. The smallest absolute Gasteiger partial charge is 0.273 e. The zero-order valence-corrected chi connectivity index (χ0v) is 15.6. The molecule has 3 heterocycles. The number of aromatic nitrogens is 3. The van der Waals surface area contributed by atoms with Gasteiger partial charge in [-0.15, -0.1) is 0 Å². The van der Waals surface area contributed by atoms with Crippen molar-refractivity contribution in [3.8, 4) is 5.75 Å². The number of fused-ring (bicyclic) bond motifs is 1. The number of benzene rings is 1. The number of anilines is 2. The third kappa shape index (κ3) is 3.58. The number of likely N-dealkylation sites (tertiary alicyclic amines) is 1. The molecule has 1 aliphatic rings. The Kier molecular flexibility index (Phi) is 4.66. The summed E-state index contributed by atoms with van der Waals surface area (Å²) < 4.78 is 5.35. The summed E-state index contributed by atoms with van der Waals surface area (Å²) in [7, 11) is 1.63. The maximum absolute atomic E-state index is 13.2. The third-order valence-electron chi connectivity index (χ3n) is 4.85. The van der Waals surface area contributed by atoms with E-state index in [0.717, 1.165) is 48.1 Å². The van der Waals surface area contributed by atoms with E-state index in [-0.39, 0.29) is 5.91 Å². The summed E-state index contributed by atoms with van der Waals surface area (Å²) in [5.41, 5.74) is 1.41. The number of carbonyl (C=O) groups is 1. The van der Waals surface area contributed by atoms with Crippen LogP contribution in [0.2, 0.25) is 0 Å². The van der Waals surface area contributed by atoms with Gasteiger partial charge < -0.3 is 15.0 Å². The summed E-state index contributed by atoms with van der Waals surface area (Å²) >= 11 is 0. The maximum atomic E-state index is 13.2. The maximum Gasteiger partial charge on any atom is 0.273 e. The molecule has 1 aromatic carbocycles. The van der Waals surface area contributed by atoms with Gasteiger partial charge in [0.15, 0.2) is 5.82 Å². The lowest BCUT2D eigenvalue weighted by atomic mass is 10.1. The molecule has 7 nitrogen and oxygen atoms in total. The summed E-state index contributed by atoms with van der Waals surface area (Å²) in [4.78, 5) is 19.7. The van der Waals surface area contributed by atoms with Crippen LogP contribution in [0.3, 0.4) is 0 Å². The average molecular weight is 365 g/mol. The molecule has 4 rings (SSSR count). The molecule has 0 atom stereocenters. The summed E-state index contributed by atoms with van der Waals surface area (Å²) in [6.45, 7) is 3.50. The Morgan fingerprint density at radius 3 is 2.67 bits per heavy atom. The first kappa shape index (κ1) is 17.3. The third-order valence-corrected chi connectivity index (χ3v) is 4.85. The topological polar surface area (TPSA) is 83.1 Å². The first-order valence-electron chi connectivity index (χ1n) is 9.21. The molecule has 7 heteroatoms. The normalized spacial score (nSPS) is 14.4. The van der Waals surface area contributed by atoms with Crippen LogP contribution in [0.1, 0.15) is 35.4 Å². The lowest BCUT2D eigenvalue weighted by Crippen LogP contribution is -2.36. The average Bonchev–Trinajstić information content (AvgIpc) is 3.11. The van der Waals surface area contributed by atoms with Crippen molar-refractivity contribution >= 4 is 28.3 Å². The Hall–Kier alpha value is -3.09. The number of aromatic amines is 1. The molecule has 1 aliphatic heterocycles. The van der Waals surface area contributed by atoms with Crippen LogP contribution in [-0.2, 0) is 0 Å². The zero-order valence-electron chi connectivity index (χ0n) is 15.6. The van der Waals surface area contributed by atoms with E-state index >= 15 is 0 Å². The van der Waals surface area contributed by atoms with Crippen LogP contribution < -0.4 is 10.1 Å². The highest BCUT2D eigenvalue weighted by Crippen LogP contribution is 2.28. The van der Waals surface area contributed by atoms with Gasteiger partial charge in [0, 0.05) is 30.2 Å². The second kappa shape index (κ2) is 7.26. The number of hydrogen-bond acceptors (Lipinski definition) is 5. The van der Waals surface area contributed by atoms with Gasteiger partial charge in [-0.2, -0.15) is 5.10 Å². The van der Waals surface area contributed by atoms with Crippen molar-refractivity contribution < 1.29 is 9.53 Å². The number of nitrogens with zero attached hydrogens (tertiary/aromatic N) is 3. The van der Waals surface area contributed by atoms with Gasteiger partial charge in [0.05, 0.1) is 7.11 Å². The van der Waals surface area contributed by atoms with Crippen molar-refractivity contribution in [3.63, 3.8) is 0 Å². The predicted molar refractivity (Wildman–Crippen MR) is 105 cm³/mol. The summed E-state index contributed by atoms with van der Waals surface area (Å²) in [6, 6.07) is 9.49. The number of H-pyrrole nitrogens is 1. The minimum Gasteiger partial charge on any atom is -0.497 e. The monoisotopic (exact) mass is 365 g/mol. The van der Waals surface area contributed by atoms with E-state index in [9.17, 15) is 4.79 Å². The lowest BCUT2D eigenvalue weighted by Gasteiger charge is -2.27. The number of aryl methyl sites for hydroxylation is 1. The molecule has 1 amide bonds.